The number of rotatable bonds is 4. The maximum Gasteiger partial charge on any atom is 0.125 e. The molecule has 0 aliphatic rings. The summed E-state index contributed by atoms with van der Waals surface area (Å²) >= 11 is 5.89. The van der Waals surface area contributed by atoms with E-state index >= 15 is 0 Å². The Morgan fingerprint density at radius 1 is 1.60 bits per heavy atom. The first-order valence-corrected chi connectivity index (χ1v) is 5.13. The summed E-state index contributed by atoms with van der Waals surface area (Å²) in [4.78, 5) is 0. The molecule has 0 radical (unpaired) electrons. The van der Waals surface area contributed by atoms with Crippen molar-refractivity contribution in [2.75, 3.05) is 5.32 Å². The molecule has 1 unspecified atom stereocenters. The van der Waals surface area contributed by atoms with Crippen molar-refractivity contribution in [1.82, 2.24) is 0 Å². The van der Waals surface area contributed by atoms with Crippen LogP contribution >= 0.6 is 11.6 Å². The lowest BCUT2D eigenvalue weighted by molar-refractivity contribution is 0.627. The molecule has 0 bridgehead atoms. The highest BCUT2D eigenvalue weighted by molar-refractivity contribution is 6.33. The highest BCUT2D eigenvalue weighted by Crippen LogP contribution is 2.24. The predicted molar refractivity (Wildman–Crippen MR) is 59.3 cm³/mol. The van der Waals surface area contributed by atoms with E-state index in [0.717, 1.165) is 6.42 Å². The van der Waals surface area contributed by atoms with E-state index in [0.29, 0.717) is 17.1 Å². The zero-order valence-corrected chi connectivity index (χ0v) is 9.18. The summed E-state index contributed by atoms with van der Waals surface area (Å²) < 4.78 is 12.9. The van der Waals surface area contributed by atoms with Crippen LogP contribution in [0.5, 0.6) is 0 Å². The Morgan fingerprint density at radius 2 is 2.33 bits per heavy atom. The predicted octanol–water partition coefficient (Wildman–Crippen LogP) is 3.58. The van der Waals surface area contributed by atoms with Crippen molar-refractivity contribution >= 4 is 17.3 Å². The summed E-state index contributed by atoms with van der Waals surface area (Å²) in [6.07, 6.45) is 1.17. The summed E-state index contributed by atoms with van der Waals surface area (Å²) in [6, 6.07) is 6.22. The summed E-state index contributed by atoms with van der Waals surface area (Å²) in [5.41, 5.74) is 0.541. The summed E-state index contributed by atoms with van der Waals surface area (Å²) in [6.45, 7) is 1.96. The molecule has 0 heterocycles. The molecule has 2 nitrogen and oxygen atoms in total. The van der Waals surface area contributed by atoms with Crippen molar-refractivity contribution in [2.45, 2.75) is 25.8 Å². The van der Waals surface area contributed by atoms with Crippen LogP contribution < -0.4 is 5.32 Å². The van der Waals surface area contributed by atoms with Gasteiger partial charge >= 0.3 is 0 Å². The Labute approximate surface area is 93.7 Å². The summed E-state index contributed by atoms with van der Waals surface area (Å²) in [7, 11) is 0. The van der Waals surface area contributed by atoms with E-state index in [1.807, 2.05) is 6.92 Å². The van der Waals surface area contributed by atoms with E-state index in [1.165, 1.54) is 18.2 Å². The standard InChI is InChI=1S/C11H12ClFN2/c1-2-9(5-6-14)15-11-7-8(13)3-4-10(11)12/h3-4,7,9,15H,2,5H2,1H3. The van der Waals surface area contributed by atoms with E-state index in [-0.39, 0.29) is 11.9 Å². The van der Waals surface area contributed by atoms with Crippen molar-refractivity contribution in [3.63, 3.8) is 0 Å². The number of halogens is 2. The van der Waals surface area contributed by atoms with Crippen LogP contribution in [0.25, 0.3) is 0 Å². The molecular formula is C11H12ClFN2. The molecule has 0 spiro atoms. The number of hydrogen-bond donors (Lipinski definition) is 1. The minimum atomic E-state index is -0.339. The third-order valence-electron chi connectivity index (χ3n) is 2.12. The molecule has 0 aliphatic carbocycles. The molecule has 0 fully saturated rings. The molecule has 4 heteroatoms. The lowest BCUT2D eigenvalue weighted by Gasteiger charge is -2.16. The van der Waals surface area contributed by atoms with Gasteiger partial charge in [0, 0.05) is 6.04 Å². The van der Waals surface area contributed by atoms with Crippen LogP contribution in [0.3, 0.4) is 0 Å². The van der Waals surface area contributed by atoms with Crippen LogP contribution in [0.1, 0.15) is 19.8 Å². The van der Waals surface area contributed by atoms with Gasteiger partial charge in [0.25, 0.3) is 0 Å². The third kappa shape index (κ3) is 3.41. The quantitative estimate of drug-likeness (QED) is 0.852. The Hall–Kier alpha value is -1.27. The van der Waals surface area contributed by atoms with Crippen molar-refractivity contribution in [3.05, 3.63) is 29.0 Å². The smallest absolute Gasteiger partial charge is 0.125 e. The van der Waals surface area contributed by atoms with Gasteiger partial charge in [0.15, 0.2) is 0 Å². The number of nitriles is 1. The van der Waals surface area contributed by atoms with Crippen LogP contribution in [-0.4, -0.2) is 6.04 Å². The number of anilines is 1. The summed E-state index contributed by atoms with van der Waals surface area (Å²) in [5, 5.41) is 12.1. The second kappa shape index (κ2) is 5.57. The average molecular weight is 227 g/mol. The van der Waals surface area contributed by atoms with E-state index < -0.39 is 0 Å². The van der Waals surface area contributed by atoms with E-state index in [4.69, 9.17) is 16.9 Å². The van der Waals surface area contributed by atoms with Crippen molar-refractivity contribution in [1.29, 1.82) is 5.26 Å². The van der Waals surface area contributed by atoms with Crippen LogP contribution in [-0.2, 0) is 0 Å². The maximum absolute atomic E-state index is 12.9. The van der Waals surface area contributed by atoms with Crippen molar-refractivity contribution < 1.29 is 4.39 Å². The van der Waals surface area contributed by atoms with Gasteiger partial charge in [0.05, 0.1) is 23.2 Å². The molecule has 0 amide bonds. The van der Waals surface area contributed by atoms with Gasteiger partial charge < -0.3 is 5.32 Å². The maximum atomic E-state index is 12.9. The lowest BCUT2D eigenvalue weighted by Crippen LogP contribution is -2.17. The molecule has 80 valence electrons. The van der Waals surface area contributed by atoms with Gasteiger partial charge in [-0.05, 0) is 24.6 Å². The van der Waals surface area contributed by atoms with E-state index in [2.05, 4.69) is 11.4 Å². The normalized spacial score (nSPS) is 11.9. The number of nitrogens with one attached hydrogen (secondary N) is 1. The van der Waals surface area contributed by atoms with E-state index in [1.54, 1.807) is 0 Å². The minimum Gasteiger partial charge on any atom is -0.380 e. The second-order valence-corrected chi connectivity index (χ2v) is 3.64. The Kier molecular flexibility index (Phi) is 4.38. The number of benzene rings is 1. The zero-order chi connectivity index (χ0) is 11.3. The van der Waals surface area contributed by atoms with Crippen LogP contribution in [0.15, 0.2) is 18.2 Å². The molecule has 15 heavy (non-hydrogen) atoms. The van der Waals surface area contributed by atoms with Gasteiger partial charge in [0.2, 0.25) is 0 Å². The average Bonchev–Trinajstić information content (AvgIpc) is 2.22. The zero-order valence-electron chi connectivity index (χ0n) is 8.43. The summed E-state index contributed by atoms with van der Waals surface area (Å²) in [5.74, 6) is -0.339. The third-order valence-corrected chi connectivity index (χ3v) is 2.45. The minimum absolute atomic E-state index is 0.00861. The highest BCUT2D eigenvalue weighted by atomic mass is 35.5. The molecule has 0 aliphatic heterocycles. The molecule has 1 aromatic rings. The second-order valence-electron chi connectivity index (χ2n) is 3.24. The van der Waals surface area contributed by atoms with Crippen LogP contribution in [0.4, 0.5) is 10.1 Å². The Morgan fingerprint density at radius 3 is 2.93 bits per heavy atom. The fourth-order valence-electron chi connectivity index (χ4n) is 1.24. The molecular weight excluding hydrogens is 215 g/mol. The molecule has 0 aromatic heterocycles. The van der Waals surface area contributed by atoms with Gasteiger partial charge in [0.1, 0.15) is 5.82 Å². The SMILES string of the molecule is CCC(CC#N)Nc1cc(F)ccc1Cl. The van der Waals surface area contributed by atoms with Crippen LogP contribution in [0.2, 0.25) is 5.02 Å². The van der Waals surface area contributed by atoms with Gasteiger partial charge in [-0.2, -0.15) is 5.26 Å². The number of nitrogens with zero attached hydrogens (tertiary/aromatic N) is 1. The Bertz CT molecular complexity index is 373. The van der Waals surface area contributed by atoms with Crippen molar-refractivity contribution in [3.8, 4) is 6.07 Å². The Balaban J connectivity index is 2.78. The number of hydrogen-bond acceptors (Lipinski definition) is 2. The first-order chi connectivity index (χ1) is 7.17. The van der Waals surface area contributed by atoms with E-state index in [9.17, 15) is 4.39 Å². The lowest BCUT2D eigenvalue weighted by atomic mass is 10.1. The largest absolute Gasteiger partial charge is 0.380 e. The van der Waals surface area contributed by atoms with Gasteiger partial charge in [-0.25, -0.2) is 4.39 Å². The van der Waals surface area contributed by atoms with Crippen LogP contribution in [0, 0.1) is 17.1 Å². The fourth-order valence-corrected chi connectivity index (χ4v) is 1.41. The molecule has 1 atom stereocenters. The fraction of sp³-hybridized carbons (Fsp3) is 0.364. The van der Waals surface area contributed by atoms with Crippen molar-refractivity contribution in [2.24, 2.45) is 0 Å². The first-order valence-electron chi connectivity index (χ1n) is 4.76. The molecule has 0 saturated carbocycles. The highest BCUT2D eigenvalue weighted by Gasteiger charge is 2.08. The first kappa shape index (κ1) is 11.8. The monoisotopic (exact) mass is 226 g/mol. The topological polar surface area (TPSA) is 35.8 Å². The molecule has 1 aromatic carbocycles. The molecule has 1 N–H and O–H groups in total. The van der Waals surface area contributed by atoms with Gasteiger partial charge in [-0.1, -0.05) is 18.5 Å². The van der Waals surface area contributed by atoms with Gasteiger partial charge in [-0.3, -0.25) is 0 Å². The van der Waals surface area contributed by atoms with Gasteiger partial charge in [-0.15, -0.1) is 0 Å². The molecule has 1 rings (SSSR count). The molecule has 0 saturated heterocycles.